The molecule has 0 radical (unpaired) electrons. The number of benzene rings is 1. The Balaban J connectivity index is 2.70. The number of aromatic nitrogens is 1. The lowest BCUT2D eigenvalue weighted by atomic mass is 10.2. The van der Waals surface area contributed by atoms with Crippen LogP contribution in [0.2, 0.25) is 0 Å². The van der Waals surface area contributed by atoms with Gasteiger partial charge in [0.15, 0.2) is 0 Å². The molecule has 0 aliphatic rings. The minimum absolute atomic E-state index is 0.224. The summed E-state index contributed by atoms with van der Waals surface area (Å²) in [6, 6.07) is 11.0. The summed E-state index contributed by atoms with van der Waals surface area (Å²) in [6.07, 6.45) is 1.61. The van der Waals surface area contributed by atoms with Crippen LogP contribution in [0.1, 0.15) is 24.2 Å². The highest BCUT2D eigenvalue weighted by Gasteiger charge is 2.21. The van der Waals surface area contributed by atoms with Crippen molar-refractivity contribution in [3.63, 3.8) is 0 Å². The Hall–Kier alpha value is -2.56. The minimum atomic E-state index is -0.501. The van der Waals surface area contributed by atoms with Crippen molar-refractivity contribution in [3.05, 3.63) is 58.5 Å². The number of hydrogen-bond donors (Lipinski definition) is 0. The van der Waals surface area contributed by atoms with Crippen molar-refractivity contribution in [1.29, 1.82) is 0 Å². The van der Waals surface area contributed by atoms with E-state index < -0.39 is 5.97 Å². The van der Waals surface area contributed by atoms with Gasteiger partial charge in [-0.05, 0) is 32.0 Å². The summed E-state index contributed by atoms with van der Waals surface area (Å²) in [7, 11) is 1.32. The molecule has 0 saturated carbocycles. The lowest BCUT2D eigenvalue weighted by Gasteiger charge is -2.23. The summed E-state index contributed by atoms with van der Waals surface area (Å²) < 4.78 is 6.34. The molecule has 0 atom stereocenters. The second-order valence-electron chi connectivity index (χ2n) is 4.75. The first kappa shape index (κ1) is 15.8. The topological polar surface area (TPSA) is 51.5 Å². The largest absolute Gasteiger partial charge is 0.465 e. The van der Waals surface area contributed by atoms with Crippen LogP contribution in [0.25, 0.3) is 5.69 Å². The van der Waals surface area contributed by atoms with Gasteiger partial charge in [-0.15, -0.1) is 0 Å². The number of esters is 1. The van der Waals surface area contributed by atoms with Crippen LogP contribution in [-0.4, -0.2) is 30.7 Å². The van der Waals surface area contributed by atoms with Gasteiger partial charge in [-0.2, -0.15) is 0 Å². The van der Waals surface area contributed by atoms with Crippen LogP contribution < -0.4 is 10.5 Å². The quantitative estimate of drug-likeness (QED) is 0.796. The molecule has 2 aromatic rings. The van der Waals surface area contributed by atoms with Gasteiger partial charge in [-0.25, -0.2) is 4.79 Å². The number of carbonyl (C=O) groups excluding carboxylic acids is 1. The molecule has 0 aliphatic heterocycles. The van der Waals surface area contributed by atoms with Gasteiger partial charge in [-0.1, -0.05) is 18.2 Å². The lowest BCUT2D eigenvalue weighted by Crippen LogP contribution is -2.33. The van der Waals surface area contributed by atoms with Crippen LogP contribution in [0, 0.1) is 0 Å². The number of rotatable bonds is 5. The van der Waals surface area contributed by atoms with Crippen LogP contribution in [0.3, 0.4) is 0 Å². The Morgan fingerprint density at radius 3 is 2.32 bits per heavy atom. The summed E-state index contributed by atoms with van der Waals surface area (Å²) >= 11 is 0. The van der Waals surface area contributed by atoms with Crippen LogP contribution >= 0.6 is 0 Å². The van der Waals surface area contributed by atoms with E-state index in [2.05, 4.69) is 0 Å². The van der Waals surface area contributed by atoms with Crippen molar-refractivity contribution in [3.8, 4) is 5.69 Å². The second kappa shape index (κ2) is 6.93. The third-order valence-corrected chi connectivity index (χ3v) is 3.59. The van der Waals surface area contributed by atoms with E-state index in [0.29, 0.717) is 24.3 Å². The van der Waals surface area contributed by atoms with Gasteiger partial charge in [0.2, 0.25) is 0 Å². The Morgan fingerprint density at radius 1 is 1.14 bits per heavy atom. The van der Waals surface area contributed by atoms with Crippen LogP contribution in [0.4, 0.5) is 5.69 Å². The second-order valence-corrected chi connectivity index (χ2v) is 4.75. The molecule has 22 heavy (non-hydrogen) atoms. The lowest BCUT2D eigenvalue weighted by molar-refractivity contribution is 0.0601. The number of pyridine rings is 1. The predicted octanol–water partition coefficient (Wildman–Crippen LogP) is 2.47. The normalized spacial score (nSPS) is 10.3. The van der Waals surface area contributed by atoms with Gasteiger partial charge >= 0.3 is 5.97 Å². The van der Waals surface area contributed by atoms with Gasteiger partial charge in [0.05, 0.1) is 12.7 Å². The van der Waals surface area contributed by atoms with E-state index in [1.54, 1.807) is 16.8 Å². The number of carbonyl (C=O) groups is 1. The van der Waals surface area contributed by atoms with Gasteiger partial charge in [0.25, 0.3) is 5.56 Å². The molecule has 1 aromatic heterocycles. The maximum absolute atomic E-state index is 12.9. The average molecular weight is 300 g/mol. The molecular formula is C17H20N2O3. The van der Waals surface area contributed by atoms with E-state index >= 15 is 0 Å². The number of anilines is 1. The van der Waals surface area contributed by atoms with E-state index in [1.807, 2.05) is 49.1 Å². The zero-order chi connectivity index (χ0) is 16.1. The molecule has 0 aliphatic carbocycles. The molecule has 116 valence electrons. The van der Waals surface area contributed by atoms with Crippen molar-refractivity contribution in [2.45, 2.75) is 13.8 Å². The van der Waals surface area contributed by atoms with Crippen LogP contribution in [0.5, 0.6) is 0 Å². The van der Waals surface area contributed by atoms with Crippen molar-refractivity contribution >= 4 is 11.7 Å². The van der Waals surface area contributed by atoms with E-state index in [0.717, 1.165) is 5.69 Å². The Kier molecular flexibility index (Phi) is 4.99. The molecule has 1 heterocycles. The monoisotopic (exact) mass is 300 g/mol. The highest BCUT2D eigenvalue weighted by atomic mass is 16.5. The van der Waals surface area contributed by atoms with E-state index in [-0.39, 0.29) is 5.56 Å². The summed E-state index contributed by atoms with van der Waals surface area (Å²) in [5.41, 5.74) is 1.21. The molecule has 2 rings (SSSR count). The van der Waals surface area contributed by atoms with Crippen molar-refractivity contribution in [1.82, 2.24) is 4.57 Å². The molecule has 0 unspecified atom stereocenters. The van der Waals surface area contributed by atoms with E-state index in [4.69, 9.17) is 4.74 Å². The maximum Gasteiger partial charge on any atom is 0.340 e. The first-order valence-corrected chi connectivity index (χ1v) is 7.28. The van der Waals surface area contributed by atoms with Crippen molar-refractivity contribution < 1.29 is 9.53 Å². The molecule has 0 N–H and O–H groups in total. The summed E-state index contributed by atoms with van der Waals surface area (Å²) in [5, 5.41) is 0. The van der Waals surface area contributed by atoms with Crippen LogP contribution in [-0.2, 0) is 4.74 Å². The Morgan fingerprint density at radius 2 is 1.77 bits per heavy atom. The number of ether oxygens (including phenoxy) is 1. The Bertz CT molecular complexity index is 704. The Labute approximate surface area is 129 Å². The van der Waals surface area contributed by atoms with E-state index in [1.165, 1.54) is 7.11 Å². The molecule has 0 amide bonds. The third kappa shape index (κ3) is 2.88. The summed E-state index contributed by atoms with van der Waals surface area (Å²) in [4.78, 5) is 26.7. The highest BCUT2D eigenvalue weighted by molar-refractivity contribution is 5.95. The van der Waals surface area contributed by atoms with Gasteiger partial charge in [0.1, 0.15) is 5.69 Å². The minimum Gasteiger partial charge on any atom is -0.465 e. The number of para-hydroxylation sites is 1. The SMILES string of the molecule is CCN(CC)c1c(C(=O)OC)ccn(-c2ccccc2)c1=O. The number of methoxy groups -OCH3 is 1. The van der Waals surface area contributed by atoms with Crippen LogP contribution in [0.15, 0.2) is 47.4 Å². The smallest absolute Gasteiger partial charge is 0.340 e. The van der Waals surface area contributed by atoms with Crippen molar-refractivity contribution in [2.75, 3.05) is 25.1 Å². The van der Waals surface area contributed by atoms with E-state index in [9.17, 15) is 9.59 Å². The maximum atomic E-state index is 12.9. The molecule has 0 bridgehead atoms. The van der Waals surface area contributed by atoms with Gasteiger partial charge < -0.3 is 9.64 Å². The summed E-state index contributed by atoms with van der Waals surface area (Å²) in [6.45, 7) is 5.16. The molecular weight excluding hydrogens is 280 g/mol. The van der Waals surface area contributed by atoms with Crippen molar-refractivity contribution in [2.24, 2.45) is 0 Å². The standard InChI is InChI=1S/C17H20N2O3/c1-4-18(5-2)15-14(17(21)22-3)11-12-19(16(15)20)13-9-7-6-8-10-13/h6-12H,4-5H2,1-3H3. The zero-order valence-corrected chi connectivity index (χ0v) is 13.1. The van der Waals surface area contributed by atoms with Gasteiger partial charge in [-0.3, -0.25) is 9.36 Å². The predicted molar refractivity (Wildman–Crippen MR) is 86.9 cm³/mol. The first-order valence-electron chi connectivity index (χ1n) is 7.28. The molecule has 5 heteroatoms. The average Bonchev–Trinajstić information content (AvgIpc) is 2.57. The first-order chi connectivity index (χ1) is 10.6. The zero-order valence-electron chi connectivity index (χ0n) is 13.1. The number of hydrogen-bond acceptors (Lipinski definition) is 4. The molecule has 1 aromatic carbocycles. The fraction of sp³-hybridized carbons (Fsp3) is 0.294. The molecule has 5 nitrogen and oxygen atoms in total. The molecule has 0 spiro atoms. The highest BCUT2D eigenvalue weighted by Crippen LogP contribution is 2.18. The van der Waals surface area contributed by atoms with Gasteiger partial charge in [0, 0.05) is 25.0 Å². The fourth-order valence-corrected chi connectivity index (χ4v) is 2.44. The summed E-state index contributed by atoms with van der Waals surface area (Å²) in [5.74, 6) is -0.501. The molecule has 0 saturated heterocycles. The molecule has 0 fully saturated rings. The third-order valence-electron chi connectivity index (χ3n) is 3.59. The number of nitrogens with zero attached hydrogens (tertiary/aromatic N) is 2. The fourth-order valence-electron chi connectivity index (χ4n) is 2.44.